The van der Waals surface area contributed by atoms with Crippen molar-refractivity contribution in [3.05, 3.63) is 0 Å². The predicted octanol–water partition coefficient (Wildman–Crippen LogP) is 1.19. The van der Waals surface area contributed by atoms with Gasteiger partial charge in [0.25, 0.3) is 0 Å². The molecule has 0 spiro atoms. The summed E-state index contributed by atoms with van der Waals surface area (Å²) in [6.07, 6.45) is 0.227. The fraction of sp³-hybridized carbons (Fsp3) is 0.833. The van der Waals surface area contributed by atoms with E-state index in [1.807, 2.05) is 0 Å². The molecule has 2 unspecified atom stereocenters. The predicted molar refractivity (Wildman–Crippen MR) is 60.3 cm³/mol. The van der Waals surface area contributed by atoms with Crippen molar-refractivity contribution in [2.75, 3.05) is 0 Å². The Hall–Kier alpha value is -1.10. The van der Waals surface area contributed by atoms with Crippen LogP contribution in [0.25, 0.3) is 0 Å². The van der Waals surface area contributed by atoms with Gasteiger partial charge in [0.05, 0.1) is 17.4 Å². The molecule has 1 aliphatic rings. The monoisotopic (exact) mass is 244 g/mol. The lowest BCUT2D eigenvalue weighted by atomic mass is 9.96. The molecule has 0 bridgehead atoms. The third-order valence-corrected chi connectivity index (χ3v) is 2.83. The molecule has 0 amide bonds. The fourth-order valence-electron chi connectivity index (χ4n) is 2.20. The van der Waals surface area contributed by atoms with Gasteiger partial charge in [0.2, 0.25) is 0 Å². The Balaban J connectivity index is 2.81. The molecule has 5 nitrogen and oxygen atoms in total. The van der Waals surface area contributed by atoms with E-state index in [1.54, 1.807) is 27.7 Å². The minimum Gasteiger partial charge on any atom is -0.481 e. The first kappa shape index (κ1) is 14.0. The lowest BCUT2D eigenvalue weighted by Crippen LogP contribution is -2.32. The first-order chi connectivity index (χ1) is 7.52. The zero-order valence-electron chi connectivity index (χ0n) is 10.7. The van der Waals surface area contributed by atoms with Crippen LogP contribution in [0, 0.1) is 11.8 Å². The first-order valence-electron chi connectivity index (χ1n) is 5.70. The summed E-state index contributed by atoms with van der Waals surface area (Å²) in [5.41, 5.74) is -1.75. The SMILES string of the molecule is CC1(O)CC(C(=O)OC(C)(C)C)[C@H](C(=O)O)C1. The second-order valence-corrected chi connectivity index (χ2v) is 5.99. The summed E-state index contributed by atoms with van der Waals surface area (Å²) in [4.78, 5) is 22.9. The highest BCUT2D eigenvalue weighted by Crippen LogP contribution is 2.40. The largest absolute Gasteiger partial charge is 0.481 e. The molecular weight excluding hydrogens is 224 g/mol. The van der Waals surface area contributed by atoms with Gasteiger partial charge in [0.1, 0.15) is 5.60 Å². The summed E-state index contributed by atoms with van der Waals surface area (Å²) in [7, 11) is 0. The highest BCUT2D eigenvalue weighted by molar-refractivity contribution is 5.82. The standard InChI is InChI=1S/C12H20O5/c1-11(2,3)17-10(15)8-6-12(4,16)5-7(8)9(13)14/h7-8,16H,5-6H2,1-4H3,(H,13,14)/t7-,8?,12?/m1/s1. The van der Waals surface area contributed by atoms with Crippen molar-refractivity contribution in [2.45, 2.75) is 51.7 Å². The Bertz CT molecular complexity index is 326. The van der Waals surface area contributed by atoms with E-state index in [-0.39, 0.29) is 12.8 Å². The highest BCUT2D eigenvalue weighted by atomic mass is 16.6. The van der Waals surface area contributed by atoms with E-state index in [1.165, 1.54) is 0 Å². The van der Waals surface area contributed by atoms with Crippen molar-refractivity contribution in [3.8, 4) is 0 Å². The van der Waals surface area contributed by atoms with Crippen LogP contribution in [-0.2, 0) is 14.3 Å². The van der Waals surface area contributed by atoms with E-state index < -0.39 is 35.0 Å². The number of ether oxygens (including phenoxy) is 1. The zero-order chi connectivity index (χ0) is 13.4. The Morgan fingerprint density at radius 3 is 2.12 bits per heavy atom. The van der Waals surface area contributed by atoms with Gasteiger partial charge in [-0.15, -0.1) is 0 Å². The maximum atomic E-state index is 11.9. The Labute approximate surface area is 101 Å². The minimum absolute atomic E-state index is 0.0895. The average Bonchev–Trinajstić information content (AvgIpc) is 2.38. The summed E-state index contributed by atoms with van der Waals surface area (Å²) in [5, 5.41) is 18.9. The van der Waals surface area contributed by atoms with Gasteiger partial charge in [-0.1, -0.05) is 0 Å². The third kappa shape index (κ3) is 3.70. The van der Waals surface area contributed by atoms with Gasteiger partial charge in [-0.2, -0.15) is 0 Å². The molecule has 0 aromatic rings. The van der Waals surface area contributed by atoms with Crippen LogP contribution in [-0.4, -0.2) is 33.4 Å². The number of carboxylic acids is 1. The molecule has 98 valence electrons. The first-order valence-corrected chi connectivity index (χ1v) is 5.70. The molecule has 17 heavy (non-hydrogen) atoms. The number of carbonyl (C=O) groups excluding carboxylic acids is 1. The molecule has 5 heteroatoms. The maximum absolute atomic E-state index is 11.9. The maximum Gasteiger partial charge on any atom is 0.310 e. The second kappa shape index (κ2) is 4.29. The van der Waals surface area contributed by atoms with Crippen LogP contribution >= 0.6 is 0 Å². The summed E-state index contributed by atoms with van der Waals surface area (Å²) in [6, 6.07) is 0. The van der Waals surface area contributed by atoms with Crippen LogP contribution in [0.15, 0.2) is 0 Å². The molecule has 0 radical (unpaired) electrons. The number of hydrogen-bond donors (Lipinski definition) is 2. The van der Waals surface area contributed by atoms with Gasteiger partial charge in [0.15, 0.2) is 0 Å². The van der Waals surface area contributed by atoms with Crippen LogP contribution in [0.3, 0.4) is 0 Å². The molecule has 1 saturated carbocycles. The number of rotatable bonds is 2. The van der Waals surface area contributed by atoms with Crippen LogP contribution in [0.4, 0.5) is 0 Å². The Morgan fingerprint density at radius 1 is 1.24 bits per heavy atom. The van der Waals surface area contributed by atoms with E-state index in [9.17, 15) is 14.7 Å². The number of carbonyl (C=O) groups is 2. The highest BCUT2D eigenvalue weighted by Gasteiger charge is 2.49. The molecule has 1 aliphatic carbocycles. The fourth-order valence-corrected chi connectivity index (χ4v) is 2.20. The molecule has 1 fully saturated rings. The Kier molecular flexibility index (Phi) is 3.52. The summed E-state index contributed by atoms with van der Waals surface area (Å²) >= 11 is 0. The van der Waals surface area contributed by atoms with Crippen molar-refractivity contribution in [3.63, 3.8) is 0 Å². The van der Waals surface area contributed by atoms with Crippen molar-refractivity contribution in [1.29, 1.82) is 0 Å². The van der Waals surface area contributed by atoms with Gasteiger partial charge >= 0.3 is 11.9 Å². The quantitative estimate of drug-likeness (QED) is 0.713. The average molecular weight is 244 g/mol. The van der Waals surface area contributed by atoms with E-state index in [4.69, 9.17) is 9.84 Å². The zero-order valence-corrected chi connectivity index (χ0v) is 10.7. The van der Waals surface area contributed by atoms with E-state index >= 15 is 0 Å². The van der Waals surface area contributed by atoms with Gasteiger partial charge in [-0.25, -0.2) is 0 Å². The normalized spacial score (nSPS) is 33.5. The van der Waals surface area contributed by atoms with E-state index in [0.29, 0.717) is 0 Å². The second-order valence-electron chi connectivity index (χ2n) is 5.99. The van der Waals surface area contributed by atoms with Crippen LogP contribution in [0.1, 0.15) is 40.5 Å². The Morgan fingerprint density at radius 2 is 1.71 bits per heavy atom. The topological polar surface area (TPSA) is 83.8 Å². The van der Waals surface area contributed by atoms with Crippen LogP contribution < -0.4 is 0 Å². The number of aliphatic hydroxyl groups is 1. The number of esters is 1. The number of aliphatic carboxylic acids is 1. The third-order valence-electron chi connectivity index (χ3n) is 2.83. The van der Waals surface area contributed by atoms with Crippen molar-refractivity contribution < 1.29 is 24.5 Å². The molecule has 1 rings (SSSR count). The molecule has 2 N–H and O–H groups in total. The van der Waals surface area contributed by atoms with Gasteiger partial charge < -0.3 is 14.9 Å². The summed E-state index contributed by atoms with van der Waals surface area (Å²) < 4.78 is 5.18. The lowest BCUT2D eigenvalue weighted by molar-refractivity contribution is -0.165. The number of hydrogen-bond acceptors (Lipinski definition) is 4. The molecule has 0 aromatic carbocycles. The van der Waals surface area contributed by atoms with Gasteiger partial charge in [-0.3, -0.25) is 9.59 Å². The van der Waals surface area contributed by atoms with Gasteiger partial charge in [-0.05, 0) is 40.5 Å². The smallest absolute Gasteiger partial charge is 0.310 e. The van der Waals surface area contributed by atoms with E-state index in [2.05, 4.69) is 0 Å². The van der Waals surface area contributed by atoms with Crippen molar-refractivity contribution in [2.24, 2.45) is 11.8 Å². The van der Waals surface area contributed by atoms with Gasteiger partial charge in [0, 0.05) is 0 Å². The van der Waals surface area contributed by atoms with Crippen LogP contribution in [0.5, 0.6) is 0 Å². The van der Waals surface area contributed by atoms with Crippen LogP contribution in [0.2, 0.25) is 0 Å². The van der Waals surface area contributed by atoms with Crippen molar-refractivity contribution in [1.82, 2.24) is 0 Å². The molecule has 0 aromatic heterocycles. The minimum atomic E-state index is -1.11. The molecule has 0 saturated heterocycles. The number of carboxylic acid groups (broad SMARTS) is 1. The molecule has 3 atom stereocenters. The van der Waals surface area contributed by atoms with E-state index in [0.717, 1.165) is 0 Å². The summed E-state index contributed by atoms with van der Waals surface area (Å²) in [5.74, 6) is -3.22. The lowest BCUT2D eigenvalue weighted by Gasteiger charge is -2.23. The molecular formula is C12H20O5. The van der Waals surface area contributed by atoms with Crippen molar-refractivity contribution >= 4 is 11.9 Å². The molecule has 0 aliphatic heterocycles. The molecule has 0 heterocycles. The summed E-state index contributed by atoms with van der Waals surface area (Å²) in [6.45, 7) is 6.74.